The Hall–Kier alpha value is -1.63. The fraction of sp³-hybridized carbons (Fsp3) is 0.154. The van der Waals surface area contributed by atoms with E-state index in [9.17, 15) is 8.42 Å². The lowest BCUT2D eigenvalue weighted by atomic mass is 10.1. The number of hydrogen-bond donors (Lipinski definition) is 1. The third-order valence-electron chi connectivity index (χ3n) is 3.02. The number of nitrogens with one attached hydrogen (secondary N) is 1. The highest BCUT2D eigenvalue weighted by atomic mass is 35.5. The van der Waals surface area contributed by atoms with Crippen LogP contribution >= 0.6 is 11.6 Å². The SMILES string of the molecule is O=S(=O)(NC1COc2ccccc21)c1cnccc1Cl. The van der Waals surface area contributed by atoms with E-state index in [4.69, 9.17) is 16.3 Å². The zero-order valence-electron chi connectivity index (χ0n) is 10.3. The molecule has 5 nitrogen and oxygen atoms in total. The van der Waals surface area contributed by atoms with Crippen LogP contribution in [0.5, 0.6) is 5.75 Å². The molecule has 1 aliphatic heterocycles. The molecule has 0 aliphatic carbocycles. The van der Waals surface area contributed by atoms with Gasteiger partial charge < -0.3 is 4.74 Å². The summed E-state index contributed by atoms with van der Waals surface area (Å²) in [6.45, 7) is 0.260. The van der Waals surface area contributed by atoms with Crippen LogP contribution in [0.3, 0.4) is 0 Å². The molecule has 1 aromatic carbocycles. The molecule has 0 spiro atoms. The maximum atomic E-state index is 12.3. The molecule has 0 bridgehead atoms. The topological polar surface area (TPSA) is 68.3 Å². The summed E-state index contributed by atoms with van der Waals surface area (Å²) in [5.41, 5.74) is 0.816. The van der Waals surface area contributed by atoms with Crippen molar-refractivity contribution in [2.75, 3.05) is 6.61 Å². The summed E-state index contributed by atoms with van der Waals surface area (Å²) in [4.78, 5) is 3.76. The second-order valence-corrected chi connectivity index (χ2v) is 6.42. The number of pyridine rings is 1. The lowest BCUT2D eigenvalue weighted by Gasteiger charge is -2.12. The van der Waals surface area contributed by atoms with Gasteiger partial charge in [-0.25, -0.2) is 8.42 Å². The molecule has 0 amide bonds. The minimum absolute atomic E-state index is 0.0361. The normalized spacial score (nSPS) is 17.6. The van der Waals surface area contributed by atoms with Crippen molar-refractivity contribution in [3.05, 3.63) is 53.3 Å². The van der Waals surface area contributed by atoms with Crippen LogP contribution in [0.2, 0.25) is 5.02 Å². The molecule has 7 heteroatoms. The van der Waals surface area contributed by atoms with Crippen LogP contribution in [0.25, 0.3) is 0 Å². The number of hydrogen-bond acceptors (Lipinski definition) is 4. The number of halogens is 1. The van der Waals surface area contributed by atoms with Crippen LogP contribution in [0.4, 0.5) is 0 Å². The van der Waals surface area contributed by atoms with Crippen LogP contribution < -0.4 is 9.46 Å². The van der Waals surface area contributed by atoms with Crippen LogP contribution in [-0.2, 0) is 10.0 Å². The van der Waals surface area contributed by atoms with E-state index in [0.717, 1.165) is 5.56 Å². The van der Waals surface area contributed by atoms with Gasteiger partial charge in [0.25, 0.3) is 0 Å². The molecule has 0 radical (unpaired) electrons. The van der Waals surface area contributed by atoms with Gasteiger partial charge in [-0.3, -0.25) is 4.98 Å². The molecule has 0 saturated carbocycles. The zero-order valence-corrected chi connectivity index (χ0v) is 11.9. The van der Waals surface area contributed by atoms with Crippen molar-refractivity contribution in [1.29, 1.82) is 0 Å². The van der Waals surface area contributed by atoms with Gasteiger partial charge in [0.2, 0.25) is 10.0 Å². The van der Waals surface area contributed by atoms with Crippen molar-refractivity contribution in [3.63, 3.8) is 0 Å². The maximum Gasteiger partial charge on any atom is 0.244 e. The standard InChI is InChI=1S/C13H11ClN2O3S/c14-10-5-6-15-7-13(10)20(17,18)16-11-8-19-12-4-2-1-3-9(11)12/h1-7,11,16H,8H2. The molecular weight excluding hydrogens is 300 g/mol. The van der Waals surface area contributed by atoms with E-state index in [-0.39, 0.29) is 16.5 Å². The first-order chi connectivity index (χ1) is 9.58. The summed E-state index contributed by atoms with van der Waals surface area (Å²) in [6, 6.07) is 8.34. The highest BCUT2D eigenvalue weighted by Crippen LogP contribution is 2.33. The Balaban J connectivity index is 1.91. The quantitative estimate of drug-likeness (QED) is 0.943. The van der Waals surface area contributed by atoms with Gasteiger partial charge in [0.05, 0.1) is 11.1 Å². The Morgan fingerprint density at radius 1 is 1.30 bits per heavy atom. The first-order valence-corrected chi connectivity index (χ1v) is 7.77. The Morgan fingerprint density at radius 3 is 2.90 bits per heavy atom. The Bertz CT molecular complexity index is 749. The zero-order chi connectivity index (χ0) is 14.2. The predicted molar refractivity (Wildman–Crippen MR) is 74.2 cm³/mol. The number of ether oxygens (including phenoxy) is 1. The Morgan fingerprint density at radius 2 is 2.10 bits per heavy atom. The number of sulfonamides is 1. The van der Waals surface area contributed by atoms with Gasteiger partial charge in [-0.15, -0.1) is 0 Å². The Labute approximate surface area is 121 Å². The smallest absolute Gasteiger partial charge is 0.244 e. The van der Waals surface area contributed by atoms with Gasteiger partial charge >= 0.3 is 0 Å². The number of fused-ring (bicyclic) bond motifs is 1. The molecule has 1 N–H and O–H groups in total. The van der Waals surface area contributed by atoms with Crippen molar-refractivity contribution >= 4 is 21.6 Å². The van der Waals surface area contributed by atoms with E-state index in [1.54, 1.807) is 6.07 Å². The molecule has 0 saturated heterocycles. The fourth-order valence-electron chi connectivity index (χ4n) is 2.07. The van der Waals surface area contributed by atoms with Crippen LogP contribution in [0.1, 0.15) is 11.6 Å². The largest absolute Gasteiger partial charge is 0.491 e. The molecule has 20 heavy (non-hydrogen) atoms. The number of aromatic nitrogens is 1. The van der Waals surface area contributed by atoms with Crippen molar-refractivity contribution < 1.29 is 13.2 Å². The molecule has 0 fully saturated rings. The monoisotopic (exact) mass is 310 g/mol. The van der Waals surface area contributed by atoms with Gasteiger partial charge in [0, 0.05) is 18.0 Å². The van der Waals surface area contributed by atoms with E-state index in [1.165, 1.54) is 18.5 Å². The molecule has 1 aromatic heterocycles. The molecular formula is C13H11ClN2O3S. The second kappa shape index (κ2) is 5.05. The summed E-state index contributed by atoms with van der Waals surface area (Å²) in [7, 11) is -3.74. The van der Waals surface area contributed by atoms with Crippen LogP contribution in [0, 0.1) is 0 Å². The van der Waals surface area contributed by atoms with E-state index in [2.05, 4.69) is 9.71 Å². The fourth-order valence-corrected chi connectivity index (χ4v) is 3.70. The lowest BCUT2D eigenvalue weighted by Crippen LogP contribution is -2.29. The third-order valence-corrected chi connectivity index (χ3v) is 4.96. The number of rotatable bonds is 3. The van der Waals surface area contributed by atoms with Crippen molar-refractivity contribution in [3.8, 4) is 5.75 Å². The average Bonchev–Trinajstić information content (AvgIpc) is 2.82. The van der Waals surface area contributed by atoms with Gasteiger partial charge in [-0.1, -0.05) is 29.8 Å². The molecule has 104 valence electrons. The van der Waals surface area contributed by atoms with E-state index >= 15 is 0 Å². The molecule has 1 aliphatic rings. The molecule has 2 heterocycles. The molecule has 2 aromatic rings. The minimum atomic E-state index is -3.74. The van der Waals surface area contributed by atoms with Gasteiger partial charge in [-0.2, -0.15) is 4.72 Å². The summed E-state index contributed by atoms with van der Waals surface area (Å²) in [5, 5.41) is 0.139. The van der Waals surface area contributed by atoms with Crippen molar-refractivity contribution in [2.24, 2.45) is 0 Å². The van der Waals surface area contributed by atoms with E-state index < -0.39 is 16.1 Å². The maximum absolute atomic E-state index is 12.3. The van der Waals surface area contributed by atoms with Gasteiger partial charge in [-0.05, 0) is 12.1 Å². The summed E-state index contributed by atoms with van der Waals surface area (Å²) >= 11 is 5.90. The first kappa shape index (κ1) is 13.4. The highest BCUT2D eigenvalue weighted by Gasteiger charge is 2.29. The summed E-state index contributed by atoms with van der Waals surface area (Å²) in [5.74, 6) is 0.692. The average molecular weight is 311 g/mol. The number of para-hydroxylation sites is 1. The van der Waals surface area contributed by atoms with Crippen molar-refractivity contribution in [2.45, 2.75) is 10.9 Å². The molecule has 3 rings (SSSR count). The Kier molecular flexibility index (Phi) is 3.37. The summed E-state index contributed by atoms with van der Waals surface area (Å²) < 4.78 is 32.7. The number of nitrogens with zero attached hydrogens (tertiary/aromatic N) is 1. The molecule has 1 atom stereocenters. The van der Waals surface area contributed by atoms with Crippen LogP contribution in [-0.4, -0.2) is 20.0 Å². The predicted octanol–water partition coefficient (Wildman–Crippen LogP) is 2.15. The van der Waals surface area contributed by atoms with Gasteiger partial charge in [0.1, 0.15) is 17.3 Å². The highest BCUT2D eigenvalue weighted by molar-refractivity contribution is 7.89. The first-order valence-electron chi connectivity index (χ1n) is 5.91. The lowest BCUT2D eigenvalue weighted by molar-refractivity contribution is 0.325. The van der Waals surface area contributed by atoms with Crippen LogP contribution in [0.15, 0.2) is 47.6 Å². The molecule has 1 unspecified atom stereocenters. The van der Waals surface area contributed by atoms with Crippen molar-refractivity contribution in [1.82, 2.24) is 9.71 Å². The van der Waals surface area contributed by atoms with E-state index in [1.807, 2.05) is 18.2 Å². The van der Waals surface area contributed by atoms with Gasteiger partial charge in [0.15, 0.2) is 0 Å². The van der Waals surface area contributed by atoms with E-state index in [0.29, 0.717) is 5.75 Å². The number of benzene rings is 1. The summed E-state index contributed by atoms with van der Waals surface area (Å²) in [6.07, 6.45) is 2.67. The minimum Gasteiger partial charge on any atom is -0.491 e. The second-order valence-electron chi connectivity index (χ2n) is 4.33. The third kappa shape index (κ3) is 2.37.